The molecule has 0 fully saturated rings. The lowest BCUT2D eigenvalue weighted by Crippen LogP contribution is -2.28. The minimum Gasteiger partial charge on any atom is -0.504 e. The number of benzene rings is 1. The lowest BCUT2D eigenvalue weighted by atomic mass is 10.2. The molecule has 5 nitrogen and oxygen atoms in total. The summed E-state index contributed by atoms with van der Waals surface area (Å²) in [5.74, 6) is -0.346. The highest BCUT2D eigenvalue weighted by atomic mass is 32.1. The zero-order chi connectivity index (χ0) is 11.3. The molecule has 0 unspecified atom stereocenters. The Hall–Kier alpha value is -1.82. The van der Waals surface area contributed by atoms with Crippen molar-refractivity contribution in [1.82, 2.24) is 10.7 Å². The van der Waals surface area contributed by atoms with Crippen LogP contribution in [0.1, 0.15) is 5.56 Å². The molecule has 0 spiro atoms. The van der Waals surface area contributed by atoms with Gasteiger partial charge in [0.2, 0.25) is 0 Å². The largest absolute Gasteiger partial charge is 0.504 e. The molecule has 80 valence electrons. The predicted molar refractivity (Wildman–Crippen MR) is 62.2 cm³/mol. The van der Waals surface area contributed by atoms with Gasteiger partial charge in [-0.05, 0) is 36.0 Å². The zero-order valence-corrected chi connectivity index (χ0v) is 8.88. The molecule has 4 N–H and O–H groups in total. The monoisotopic (exact) mass is 225 g/mol. The summed E-state index contributed by atoms with van der Waals surface area (Å²) in [6.45, 7) is 0. The van der Waals surface area contributed by atoms with Gasteiger partial charge in [0.1, 0.15) is 0 Å². The fourth-order valence-electron chi connectivity index (χ4n) is 0.842. The molecule has 1 aromatic carbocycles. The van der Waals surface area contributed by atoms with Crippen LogP contribution in [0.3, 0.4) is 0 Å². The maximum atomic E-state index is 9.18. The Kier molecular flexibility index (Phi) is 3.87. The van der Waals surface area contributed by atoms with E-state index in [1.54, 1.807) is 13.1 Å². The standard InChI is InChI=1S/C9H11N3O2S/c1-10-9(15)12-11-5-6-2-3-7(13)8(14)4-6/h2-5,13-14H,1H3,(H2,10,12,15). The van der Waals surface area contributed by atoms with Crippen LogP contribution in [-0.4, -0.2) is 28.6 Å². The number of nitrogens with one attached hydrogen (secondary N) is 2. The van der Waals surface area contributed by atoms with Crippen LogP contribution in [0.2, 0.25) is 0 Å². The van der Waals surface area contributed by atoms with Crippen molar-refractivity contribution in [2.75, 3.05) is 7.05 Å². The fourth-order valence-corrected chi connectivity index (χ4v) is 0.895. The third-order valence-electron chi connectivity index (χ3n) is 1.61. The second-order valence-electron chi connectivity index (χ2n) is 2.70. The van der Waals surface area contributed by atoms with E-state index in [1.807, 2.05) is 0 Å². The summed E-state index contributed by atoms with van der Waals surface area (Å²) < 4.78 is 0. The molecule has 0 heterocycles. The first-order chi connectivity index (χ1) is 7.13. The number of phenolic OH excluding ortho intramolecular Hbond substituents is 2. The van der Waals surface area contributed by atoms with Gasteiger partial charge in [-0.2, -0.15) is 5.10 Å². The van der Waals surface area contributed by atoms with Crippen LogP contribution >= 0.6 is 12.2 Å². The summed E-state index contributed by atoms with van der Waals surface area (Å²) in [5, 5.41) is 25.1. The number of aromatic hydroxyl groups is 2. The molecule has 0 amide bonds. The number of phenols is 2. The minimum absolute atomic E-state index is 0.161. The second-order valence-corrected chi connectivity index (χ2v) is 3.11. The van der Waals surface area contributed by atoms with E-state index < -0.39 is 0 Å². The van der Waals surface area contributed by atoms with Crippen LogP contribution < -0.4 is 10.7 Å². The van der Waals surface area contributed by atoms with Crippen molar-refractivity contribution in [2.24, 2.45) is 5.10 Å². The van der Waals surface area contributed by atoms with Gasteiger partial charge in [0.05, 0.1) is 6.21 Å². The Morgan fingerprint density at radius 2 is 2.13 bits per heavy atom. The summed E-state index contributed by atoms with van der Waals surface area (Å²) in [6, 6.07) is 4.39. The molecule has 0 radical (unpaired) electrons. The molecule has 0 aliphatic heterocycles. The van der Waals surface area contributed by atoms with Crippen molar-refractivity contribution in [3.8, 4) is 11.5 Å². The van der Waals surface area contributed by atoms with E-state index >= 15 is 0 Å². The molecule has 1 rings (SSSR count). The molecule has 6 heteroatoms. The van der Waals surface area contributed by atoms with E-state index in [0.717, 1.165) is 0 Å². The molecule has 0 aromatic heterocycles. The van der Waals surface area contributed by atoms with Gasteiger partial charge < -0.3 is 15.5 Å². The van der Waals surface area contributed by atoms with Crippen molar-refractivity contribution in [2.45, 2.75) is 0 Å². The molecule has 0 saturated carbocycles. The summed E-state index contributed by atoms with van der Waals surface area (Å²) in [4.78, 5) is 0. The third kappa shape index (κ3) is 3.43. The number of hydrogen-bond donors (Lipinski definition) is 4. The van der Waals surface area contributed by atoms with Crippen molar-refractivity contribution in [3.05, 3.63) is 23.8 Å². The lowest BCUT2D eigenvalue weighted by molar-refractivity contribution is 0.403. The number of nitrogens with zero attached hydrogens (tertiary/aromatic N) is 1. The highest BCUT2D eigenvalue weighted by Crippen LogP contribution is 2.23. The molecule has 15 heavy (non-hydrogen) atoms. The number of hydrogen-bond acceptors (Lipinski definition) is 4. The van der Waals surface area contributed by atoms with Crippen molar-refractivity contribution in [3.63, 3.8) is 0 Å². The molecule has 0 bridgehead atoms. The Balaban J connectivity index is 2.65. The quantitative estimate of drug-likeness (QED) is 0.255. The number of rotatable bonds is 2. The molecular formula is C9H11N3O2S. The zero-order valence-electron chi connectivity index (χ0n) is 8.06. The first kappa shape index (κ1) is 11.3. The van der Waals surface area contributed by atoms with Gasteiger partial charge in [0.25, 0.3) is 0 Å². The average Bonchev–Trinajstić information content (AvgIpc) is 2.23. The molecular weight excluding hydrogens is 214 g/mol. The Morgan fingerprint density at radius 3 is 2.73 bits per heavy atom. The van der Waals surface area contributed by atoms with E-state index in [2.05, 4.69) is 15.8 Å². The first-order valence-corrected chi connectivity index (χ1v) is 4.57. The highest BCUT2D eigenvalue weighted by Gasteiger charge is 1.97. The summed E-state index contributed by atoms with van der Waals surface area (Å²) in [5.41, 5.74) is 3.21. The fraction of sp³-hybridized carbons (Fsp3) is 0.111. The summed E-state index contributed by atoms with van der Waals surface area (Å²) in [7, 11) is 1.68. The topological polar surface area (TPSA) is 76.9 Å². The second kappa shape index (κ2) is 5.16. The van der Waals surface area contributed by atoms with Crippen LogP contribution in [0.25, 0.3) is 0 Å². The SMILES string of the molecule is CNC(=S)NN=Cc1ccc(O)c(O)c1. The minimum atomic E-state index is -0.185. The van der Waals surface area contributed by atoms with Crippen LogP contribution in [-0.2, 0) is 0 Å². The van der Waals surface area contributed by atoms with E-state index in [-0.39, 0.29) is 11.5 Å². The van der Waals surface area contributed by atoms with Crippen LogP contribution in [0, 0.1) is 0 Å². The van der Waals surface area contributed by atoms with E-state index in [9.17, 15) is 5.11 Å². The molecule has 0 saturated heterocycles. The third-order valence-corrected chi connectivity index (χ3v) is 1.90. The lowest BCUT2D eigenvalue weighted by Gasteiger charge is -2.00. The Labute approximate surface area is 92.4 Å². The molecule has 0 atom stereocenters. The van der Waals surface area contributed by atoms with Crippen molar-refractivity contribution >= 4 is 23.5 Å². The Morgan fingerprint density at radius 1 is 1.40 bits per heavy atom. The van der Waals surface area contributed by atoms with Gasteiger partial charge in [-0.25, -0.2) is 0 Å². The number of thiocarbonyl (C=S) groups is 1. The van der Waals surface area contributed by atoms with Crippen LogP contribution in [0.15, 0.2) is 23.3 Å². The van der Waals surface area contributed by atoms with Gasteiger partial charge in [0.15, 0.2) is 16.6 Å². The van der Waals surface area contributed by atoms with Crippen molar-refractivity contribution in [1.29, 1.82) is 0 Å². The van der Waals surface area contributed by atoms with E-state index in [4.69, 9.17) is 17.3 Å². The van der Waals surface area contributed by atoms with Crippen LogP contribution in [0.5, 0.6) is 11.5 Å². The smallest absolute Gasteiger partial charge is 0.186 e. The predicted octanol–water partition coefficient (Wildman–Crippen LogP) is 0.526. The van der Waals surface area contributed by atoms with Crippen molar-refractivity contribution < 1.29 is 10.2 Å². The van der Waals surface area contributed by atoms with E-state index in [0.29, 0.717) is 10.7 Å². The first-order valence-electron chi connectivity index (χ1n) is 4.16. The maximum Gasteiger partial charge on any atom is 0.186 e. The van der Waals surface area contributed by atoms with Gasteiger partial charge in [-0.3, -0.25) is 5.43 Å². The average molecular weight is 225 g/mol. The normalized spacial score (nSPS) is 10.2. The van der Waals surface area contributed by atoms with Gasteiger partial charge in [-0.1, -0.05) is 0 Å². The van der Waals surface area contributed by atoms with E-state index in [1.165, 1.54) is 18.3 Å². The highest BCUT2D eigenvalue weighted by molar-refractivity contribution is 7.80. The molecule has 0 aliphatic rings. The van der Waals surface area contributed by atoms with Gasteiger partial charge in [0, 0.05) is 7.05 Å². The van der Waals surface area contributed by atoms with Crippen LogP contribution in [0.4, 0.5) is 0 Å². The van der Waals surface area contributed by atoms with Gasteiger partial charge in [-0.15, -0.1) is 0 Å². The number of hydrazone groups is 1. The van der Waals surface area contributed by atoms with Gasteiger partial charge >= 0.3 is 0 Å². The maximum absolute atomic E-state index is 9.18. The molecule has 1 aromatic rings. The Bertz CT molecular complexity index is 393. The summed E-state index contributed by atoms with van der Waals surface area (Å²) in [6.07, 6.45) is 1.48. The summed E-state index contributed by atoms with van der Waals surface area (Å²) >= 11 is 4.79. The molecule has 0 aliphatic carbocycles.